The van der Waals surface area contributed by atoms with Crippen molar-refractivity contribution in [2.24, 2.45) is 5.92 Å². The molecule has 2 amide bonds. The zero-order valence-corrected chi connectivity index (χ0v) is 20.0. The molecule has 0 spiro atoms. The lowest BCUT2D eigenvalue weighted by molar-refractivity contribution is -0.274. The van der Waals surface area contributed by atoms with Crippen molar-refractivity contribution in [2.45, 2.75) is 38.1 Å². The number of carbonyl (C=O) groups is 2. The van der Waals surface area contributed by atoms with Crippen molar-refractivity contribution in [3.8, 4) is 17.1 Å². The highest BCUT2D eigenvalue weighted by atomic mass is 19.4. The number of likely N-dealkylation sites (tertiary alicyclic amines) is 2. The number of hydrogen-bond acceptors (Lipinski definition) is 5. The average molecular weight is 514 g/mol. The topological polar surface area (TPSA) is 75.9 Å². The maximum Gasteiger partial charge on any atom is 0.573 e. The van der Waals surface area contributed by atoms with Gasteiger partial charge in [0, 0.05) is 37.2 Å². The molecule has 0 radical (unpaired) electrons. The van der Waals surface area contributed by atoms with Crippen molar-refractivity contribution < 1.29 is 31.9 Å². The number of alkyl halides is 3. The van der Waals surface area contributed by atoms with Crippen LogP contribution in [0.3, 0.4) is 0 Å². The van der Waals surface area contributed by atoms with Crippen LogP contribution in [0.2, 0.25) is 0 Å². The third-order valence-corrected chi connectivity index (χ3v) is 7.00. The maximum absolute atomic E-state index is 13.3. The Kier molecular flexibility index (Phi) is 6.90. The lowest BCUT2D eigenvalue weighted by Crippen LogP contribution is -2.48. The Hall–Kier alpha value is -3.82. The van der Waals surface area contributed by atoms with Crippen molar-refractivity contribution in [2.75, 3.05) is 19.6 Å². The Balaban J connectivity index is 1.20. The summed E-state index contributed by atoms with van der Waals surface area (Å²) < 4.78 is 46.3. The van der Waals surface area contributed by atoms with Crippen LogP contribution < -0.4 is 4.74 Å². The molecule has 0 unspecified atom stereocenters. The van der Waals surface area contributed by atoms with Gasteiger partial charge in [0.25, 0.3) is 5.91 Å². The van der Waals surface area contributed by atoms with Gasteiger partial charge in [0.1, 0.15) is 5.75 Å². The Morgan fingerprint density at radius 1 is 1.11 bits per heavy atom. The minimum absolute atomic E-state index is 0.00747. The second-order valence-corrected chi connectivity index (χ2v) is 9.41. The molecule has 2 aromatic carbocycles. The highest BCUT2D eigenvalue weighted by Crippen LogP contribution is 2.32. The fourth-order valence-corrected chi connectivity index (χ4v) is 5.26. The van der Waals surface area contributed by atoms with E-state index in [2.05, 4.69) is 9.72 Å². The van der Waals surface area contributed by atoms with E-state index in [0.29, 0.717) is 37.4 Å². The number of aromatic nitrogens is 1. The van der Waals surface area contributed by atoms with Gasteiger partial charge in [0.15, 0.2) is 12.2 Å². The molecule has 0 bridgehead atoms. The van der Waals surface area contributed by atoms with Gasteiger partial charge in [-0.3, -0.25) is 9.59 Å². The van der Waals surface area contributed by atoms with Gasteiger partial charge in [0.2, 0.25) is 5.91 Å². The summed E-state index contributed by atoms with van der Waals surface area (Å²) in [6.45, 7) is 1.72. The first-order valence-corrected chi connectivity index (χ1v) is 12.2. The quantitative estimate of drug-likeness (QED) is 0.467. The Morgan fingerprint density at radius 2 is 1.92 bits per heavy atom. The normalized spacial score (nSPS) is 19.5. The first-order valence-electron chi connectivity index (χ1n) is 12.2. The molecule has 2 fully saturated rings. The van der Waals surface area contributed by atoms with Crippen molar-refractivity contribution >= 4 is 11.8 Å². The van der Waals surface area contributed by atoms with Crippen LogP contribution in [0.4, 0.5) is 13.2 Å². The first kappa shape index (κ1) is 24.9. The van der Waals surface area contributed by atoms with E-state index in [9.17, 15) is 22.8 Å². The molecule has 3 heterocycles. The number of piperidine rings is 1. The second kappa shape index (κ2) is 10.3. The van der Waals surface area contributed by atoms with E-state index in [1.54, 1.807) is 18.3 Å². The van der Waals surface area contributed by atoms with Gasteiger partial charge in [-0.05, 0) is 55.0 Å². The van der Waals surface area contributed by atoms with Crippen LogP contribution in [-0.2, 0) is 11.2 Å². The zero-order chi connectivity index (χ0) is 26.0. The molecule has 0 saturated carbocycles. The summed E-state index contributed by atoms with van der Waals surface area (Å²) in [7, 11) is 0. The van der Waals surface area contributed by atoms with E-state index in [4.69, 9.17) is 4.42 Å². The number of carbonyl (C=O) groups excluding carboxylic acids is 2. The predicted molar refractivity (Wildman–Crippen MR) is 128 cm³/mol. The van der Waals surface area contributed by atoms with E-state index in [1.165, 1.54) is 30.7 Å². The maximum atomic E-state index is 13.3. The number of oxazole rings is 1. The summed E-state index contributed by atoms with van der Waals surface area (Å²) in [5.41, 5.74) is 2.09. The summed E-state index contributed by atoms with van der Waals surface area (Å²) in [6.07, 6.45) is 0.695. The molecule has 0 aliphatic carbocycles. The average Bonchev–Trinajstić information content (AvgIpc) is 3.57. The number of amides is 2. The number of benzene rings is 2. The molecule has 2 aliphatic heterocycles. The van der Waals surface area contributed by atoms with E-state index in [1.807, 2.05) is 21.9 Å². The molecule has 0 N–H and O–H groups in total. The molecular weight excluding hydrogens is 487 g/mol. The number of hydrogen-bond donors (Lipinski definition) is 0. The molecule has 37 heavy (non-hydrogen) atoms. The lowest BCUT2D eigenvalue weighted by atomic mass is 9.91. The smallest absolute Gasteiger partial charge is 0.444 e. The van der Waals surface area contributed by atoms with Gasteiger partial charge >= 0.3 is 6.36 Å². The summed E-state index contributed by atoms with van der Waals surface area (Å²) >= 11 is 0. The van der Waals surface area contributed by atoms with Gasteiger partial charge < -0.3 is 19.0 Å². The summed E-state index contributed by atoms with van der Waals surface area (Å²) in [5, 5.41) is 0. The molecule has 2 aliphatic rings. The summed E-state index contributed by atoms with van der Waals surface area (Å²) in [4.78, 5) is 34.1. The monoisotopic (exact) mass is 513 g/mol. The molecule has 2 saturated heterocycles. The predicted octanol–water partition coefficient (Wildman–Crippen LogP) is 4.94. The highest BCUT2D eigenvalue weighted by molar-refractivity contribution is 5.95. The minimum Gasteiger partial charge on any atom is -0.444 e. The second-order valence-electron chi connectivity index (χ2n) is 9.41. The molecule has 3 aromatic rings. The largest absolute Gasteiger partial charge is 0.573 e. The number of aryl methyl sites for hydroxylation is 1. The standard InChI is InChI=1S/C27H26F3N3O4/c28-27(29,30)37-22-9-6-18(7-10-22)8-11-25(34)33-12-2-5-21-15-32(16-23(21)33)26(35)20-4-1-3-19(13-20)24-14-31-17-36-24/h1,3-4,6-7,9-10,13-14,17,21,23H,2,5,8,11-12,15-16H2/t21-,23+/m1/s1. The van der Waals surface area contributed by atoms with Gasteiger partial charge in [-0.2, -0.15) is 0 Å². The van der Waals surface area contributed by atoms with Gasteiger partial charge in [-0.25, -0.2) is 4.98 Å². The van der Waals surface area contributed by atoms with Gasteiger partial charge in [-0.1, -0.05) is 24.3 Å². The molecule has 7 nitrogen and oxygen atoms in total. The van der Waals surface area contributed by atoms with Crippen LogP contribution in [-0.4, -0.2) is 58.6 Å². The Morgan fingerprint density at radius 3 is 2.65 bits per heavy atom. The SMILES string of the molecule is O=C(c1cccc(-c2cnco2)c1)N1C[C@H]2CCCN(C(=O)CCc3ccc(OC(F)(F)F)cc3)[C@H]2C1. The summed E-state index contributed by atoms with van der Waals surface area (Å²) in [5.74, 6) is 0.432. The van der Waals surface area contributed by atoms with Gasteiger partial charge in [-0.15, -0.1) is 13.2 Å². The van der Waals surface area contributed by atoms with E-state index in [-0.39, 0.29) is 35.9 Å². The molecule has 194 valence electrons. The first-order chi connectivity index (χ1) is 17.8. The van der Waals surface area contributed by atoms with Crippen molar-refractivity contribution in [1.82, 2.24) is 14.8 Å². The van der Waals surface area contributed by atoms with E-state index >= 15 is 0 Å². The third kappa shape index (κ3) is 5.79. The van der Waals surface area contributed by atoms with Crippen molar-refractivity contribution in [3.63, 3.8) is 0 Å². The fraction of sp³-hybridized carbons (Fsp3) is 0.370. The molecule has 2 atom stereocenters. The molecule has 10 heteroatoms. The van der Waals surface area contributed by atoms with E-state index in [0.717, 1.165) is 24.0 Å². The van der Waals surface area contributed by atoms with Crippen LogP contribution in [0.25, 0.3) is 11.3 Å². The summed E-state index contributed by atoms with van der Waals surface area (Å²) in [6, 6.07) is 12.8. The van der Waals surface area contributed by atoms with Crippen LogP contribution in [0.1, 0.15) is 35.2 Å². The van der Waals surface area contributed by atoms with Crippen LogP contribution in [0.15, 0.2) is 65.5 Å². The van der Waals surface area contributed by atoms with Gasteiger partial charge in [0.05, 0.1) is 12.2 Å². The van der Waals surface area contributed by atoms with Crippen LogP contribution in [0, 0.1) is 5.92 Å². The molecule has 5 rings (SSSR count). The molecular formula is C27H26F3N3O4. The van der Waals surface area contributed by atoms with Crippen molar-refractivity contribution in [3.05, 3.63) is 72.2 Å². The number of halogens is 3. The third-order valence-electron chi connectivity index (χ3n) is 7.00. The highest BCUT2D eigenvalue weighted by Gasteiger charge is 2.42. The van der Waals surface area contributed by atoms with E-state index < -0.39 is 6.36 Å². The number of ether oxygens (including phenoxy) is 1. The van der Waals surface area contributed by atoms with Crippen molar-refractivity contribution in [1.29, 1.82) is 0 Å². The number of nitrogens with zero attached hydrogens (tertiary/aromatic N) is 3. The number of rotatable bonds is 6. The van der Waals surface area contributed by atoms with Crippen LogP contribution in [0.5, 0.6) is 5.75 Å². The Labute approximate surface area is 211 Å². The zero-order valence-electron chi connectivity index (χ0n) is 20.0. The molecule has 1 aromatic heterocycles. The Bertz CT molecular complexity index is 1240. The minimum atomic E-state index is -4.74. The van der Waals surface area contributed by atoms with Crippen LogP contribution >= 0.6 is 0 Å². The lowest BCUT2D eigenvalue weighted by Gasteiger charge is -2.37. The number of fused-ring (bicyclic) bond motifs is 1. The fourth-order valence-electron chi connectivity index (χ4n) is 5.26.